The largest absolute Gasteiger partial charge is 0.484 e. The van der Waals surface area contributed by atoms with Crippen LogP contribution in [0.2, 0.25) is 5.02 Å². The standard InChI is InChI=1S/C20H26ClN3O4S/c1-5-24(6-2)29(26,27)17-11-12-19(23(3)4)18(13-17)22-20(25)14-28-16-9-7-15(21)8-10-16/h7-13H,5-6,14H2,1-4H3,(H,22,25). The van der Waals surface area contributed by atoms with Crippen LogP contribution in [0.3, 0.4) is 0 Å². The summed E-state index contributed by atoms with van der Waals surface area (Å²) in [6.07, 6.45) is 0. The molecule has 29 heavy (non-hydrogen) atoms. The molecular weight excluding hydrogens is 414 g/mol. The molecule has 158 valence electrons. The van der Waals surface area contributed by atoms with Crippen LogP contribution in [0.5, 0.6) is 5.75 Å². The van der Waals surface area contributed by atoms with Crippen LogP contribution in [0.15, 0.2) is 47.4 Å². The zero-order valence-electron chi connectivity index (χ0n) is 17.0. The molecular formula is C20H26ClN3O4S. The molecule has 1 N–H and O–H groups in total. The summed E-state index contributed by atoms with van der Waals surface area (Å²) in [4.78, 5) is 14.3. The molecule has 9 heteroatoms. The molecule has 0 aliphatic heterocycles. The van der Waals surface area contributed by atoms with Gasteiger partial charge in [0, 0.05) is 32.2 Å². The second-order valence-electron chi connectivity index (χ2n) is 6.45. The summed E-state index contributed by atoms with van der Waals surface area (Å²) in [5.74, 6) is 0.107. The van der Waals surface area contributed by atoms with Gasteiger partial charge in [-0.1, -0.05) is 25.4 Å². The van der Waals surface area contributed by atoms with Crippen molar-refractivity contribution in [2.75, 3.05) is 44.0 Å². The van der Waals surface area contributed by atoms with Crippen molar-refractivity contribution in [2.24, 2.45) is 0 Å². The SMILES string of the molecule is CCN(CC)S(=O)(=O)c1ccc(N(C)C)c(NC(=O)COc2ccc(Cl)cc2)c1. The van der Waals surface area contributed by atoms with E-state index in [1.807, 2.05) is 14.1 Å². The number of anilines is 2. The first-order valence-electron chi connectivity index (χ1n) is 9.18. The van der Waals surface area contributed by atoms with Gasteiger partial charge >= 0.3 is 0 Å². The molecule has 0 aliphatic rings. The highest BCUT2D eigenvalue weighted by molar-refractivity contribution is 7.89. The summed E-state index contributed by atoms with van der Waals surface area (Å²) >= 11 is 5.83. The van der Waals surface area contributed by atoms with Crippen molar-refractivity contribution in [3.63, 3.8) is 0 Å². The Labute approximate surface area is 177 Å². The first-order chi connectivity index (χ1) is 13.7. The minimum Gasteiger partial charge on any atom is -0.484 e. The van der Waals surface area contributed by atoms with Gasteiger partial charge in [0.25, 0.3) is 5.91 Å². The lowest BCUT2D eigenvalue weighted by Crippen LogP contribution is -2.31. The number of sulfonamides is 1. The number of carbonyl (C=O) groups is 1. The Morgan fingerprint density at radius 2 is 1.69 bits per heavy atom. The molecule has 2 rings (SSSR count). The topological polar surface area (TPSA) is 79.0 Å². The number of amides is 1. The van der Waals surface area contributed by atoms with Crippen LogP contribution in [0, 0.1) is 0 Å². The van der Waals surface area contributed by atoms with E-state index in [9.17, 15) is 13.2 Å². The van der Waals surface area contributed by atoms with E-state index < -0.39 is 15.9 Å². The third-order valence-corrected chi connectivity index (χ3v) is 6.55. The maximum absolute atomic E-state index is 12.8. The van der Waals surface area contributed by atoms with Crippen molar-refractivity contribution < 1.29 is 17.9 Å². The summed E-state index contributed by atoms with van der Waals surface area (Å²) in [6, 6.07) is 11.4. The fourth-order valence-corrected chi connectivity index (χ4v) is 4.36. The van der Waals surface area contributed by atoms with E-state index >= 15 is 0 Å². The number of halogens is 1. The van der Waals surface area contributed by atoms with Crippen LogP contribution in [-0.4, -0.2) is 52.4 Å². The lowest BCUT2D eigenvalue weighted by atomic mass is 10.2. The Kier molecular flexibility index (Phi) is 7.89. The molecule has 2 aromatic rings. The van der Waals surface area contributed by atoms with Crippen LogP contribution >= 0.6 is 11.6 Å². The van der Waals surface area contributed by atoms with Gasteiger partial charge in [-0.25, -0.2) is 8.42 Å². The smallest absolute Gasteiger partial charge is 0.262 e. The van der Waals surface area contributed by atoms with Crippen molar-refractivity contribution >= 4 is 38.9 Å². The lowest BCUT2D eigenvalue weighted by Gasteiger charge is -2.22. The lowest BCUT2D eigenvalue weighted by molar-refractivity contribution is -0.118. The zero-order chi connectivity index (χ0) is 21.6. The molecule has 0 unspecified atom stereocenters. The quantitative estimate of drug-likeness (QED) is 0.647. The third kappa shape index (κ3) is 5.85. The summed E-state index contributed by atoms with van der Waals surface area (Å²) < 4.78 is 32.5. The van der Waals surface area contributed by atoms with Crippen LogP contribution in [0.1, 0.15) is 13.8 Å². The Morgan fingerprint density at radius 3 is 2.24 bits per heavy atom. The van der Waals surface area contributed by atoms with E-state index in [0.717, 1.165) is 0 Å². The van der Waals surface area contributed by atoms with Gasteiger partial charge in [0.2, 0.25) is 10.0 Å². The molecule has 0 spiro atoms. The maximum Gasteiger partial charge on any atom is 0.262 e. The van der Waals surface area contributed by atoms with Gasteiger partial charge in [0.1, 0.15) is 5.75 Å². The number of ether oxygens (including phenoxy) is 1. The second kappa shape index (κ2) is 9.96. The molecule has 0 saturated carbocycles. The number of hydrogen-bond donors (Lipinski definition) is 1. The predicted octanol–water partition coefficient (Wildman–Crippen LogP) is 3.45. The first-order valence-corrected chi connectivity index (χ1v) is 11.0. The zero-order valence-corrected chi connectivity index (χ0v) is 18.5. The Bertz CT molecular complexity index is 943. The van der Waals surface area contributed by atoms with E-state index in [-0.39, 0.29) is 11.5 Å². The monoisotopic (exact) mass is 439 g/mol. The third-order valence-electron chi connectivity index (χ3n) is 4.25. The highest BCUT2D eigenvalue weighted by atomic mass is 35.5. The van der Waals surface area contributed by atoms with E-state index in [4.69, 9.17) is 16.3 Å². The molecule has 0 aromatic heterocycles. The molecule has 0 fully saturated rings. The van der Waals surface area contributed by atoms with Gasteiger partial charge in [-0.15, -0.1) is 0 Å². The van der Waals surface area contributed by atoms with Crippen molar-refractivity contribution in [1.29, 1.82) is 0 Å². The van der Waals surface area contributed by atoms with Crippen molar-refractivity contribution in [1.82, 2.24) is 4.31 Å². The minimum absolute atomic E-state index is 0.126. The van der Waals surface area contributed by atoms with E-state index in [1.54, 1.807) is 55.1 Å². The van der Waals surface area contributed by atoms with Crippen molar-refractivity contribution in [2.45, 2.75) is 18.7 Å². The van der Waals surface area contributed by atoms with Crippen LogP contribution in [-0.2, 0) is 14.8 Å². The average molecular weight is 440 g/mol. The molecule has 0 saturated heterocycles. The van der Waals surface area contributed by atoms with Crippen molar-refractivity contribution in [3.8, 4) is 5.75 Å². The molecule has 2 aromatic carbocycles. The van der Waals surface area contributed by atoms with Crippen LogP contribution < -0.4 is 15.0 Å². The number of nitrogens with zero attached hydrogens (tertiary/aromatic N) is 2. The molecule has 7 nitrogen and oxygen atoms in total. The number of rotatable bonds is 9. The van der Waals surface area contributed by atoms with Gasteiger partial charge in [0.15, 0.2) is 6.61 Å². The molecule has 0 radical (unpaired) electrons. The summed E-state index contributed by atoms with van der Waals surface area (Å²) in [7, 11) is -0.0150. The summed E-state index contributed by atoms with van der Waals surface area (Å²) in [5, 5.41) is 3.32. The molecule has 0 aliphatic carbocycles. The maximum atomic E-state index is 12.8. The van der Waals surface area contributed by atoms with Crippen LogP contribution in [0.25, 0.3) is 0 Å². The number of nitrogens with one attached hydrogen (secondary N) is 1. The Hall–Kier alpha value is -2.29. The number of carbonyl (C=O) groups excluding carboxylic acids is 1. The normalized spacial score (nSPS) is 11.4. The average Bonchev–Trinajstić information content (AvgIpc) is 2.68. The fraction of sp³-hybridized carbons (Fsp3) is 0.350. The summed E-state index contributed by atoms with van der Waals surface area (Å²) in [5.41, 5.74) is 1.08. The van der Waals surface area contributed by atoms with Gasteiger partial charge in [-0.3, -0.25) is 4.79 Å². The molecule has 0 heterocycles. The van der Waals surface area contributed by atoms with Crippen molar-refractivity contribution in [3.05, 3.63) is 47.5 Å². The molecule has 1 amide bonds. The highest BCUT2D eigenvalue weighted by Crippen LogP contribution is 2.29. The minimum atomic E-state index is -3.64. The Balaban J connectivity index is 2.23. The van der Waals surface area contributed by atoms with E-state index in [0.29, 0.717) is 35.2 Å². The van der Waals surface area contributed by atoms with Gasteiger partial charge in [0.05, 0.1) is 16.3 Å². The Morgan fingerprint density at radius 1 is 1.07 bits per heavy atom. The number of hydrogen-bond acceptors (Lipinski definition) is 5. The molecule has 0 atom stereocenters. The van der Waals surface area contributed by atoms with Gasteiger partial charge < -0.3 is 15.0 Å². The van der Waals surface area contributed by atoms with E-state index in [1.165, 1.54) is 10.4 Å². The van der Waals surface area contributed by atoms with Crippen LogP contribution in [0.4, 0.5) is 11.4 Å². The van der Waals surface area contributed by atoms with Gasteiger partial charge in [-0.05, 0) is 42.5 Å². The highest BCUT2D eigenvalue weighted by Gasteiger charge is 2.23. The van der Waals surface area contributed by atoms with E-state index in [2.05, 4.69) is 5.32 Å². The predicted molar refractivity (Wildman–Crippen MR) is 116 cm³/mol. The first kappa shape index (κ1) is 23.0. The second-order valence-corrected chi connectivity index (χ2v) is 8.83. The number of benzene rings is 2. The molecule has 0 bridgehead atoms. The fourth-order valence-electron chi connectivity index (χ4n) is 2.74. The van der Waals surface area contributed by atoms with Gasteiger partial charge in [-0.2, -0.15) is 4.31 Å². The summed E-state index contributed by atoms with van der Waals surface area (Å²) in [6.45, 7) is 4.08.